The third kappa shape index (κ3) is 4.41. The molecule has 1 saturated heterocycles. The third-order valence-electron chi connectivity index (χ3n) is 6.56. The average Bonchev–Trinajstić information content (AvgIpc) is 2.91. The number of methoxy groups -OCH3 is 1. The molecule has 180 valence electrons. The number of nitrogens with zero attached hydrogens (tertiary/aromatic N) is 3. The van der Waals surface area contributed by atoms with Gasteiger partial charge in [0.2, 0.25) is 0 Å². The Balaban J connectivity index is 1.58. The van der Waals surface area contributed by atoms with Gasteiger partial charge in [0.15, 0.2) is 5.69 Å². The molecule has 0 spiro atoms. The van der Waals surface area contributed by atoms with E-state index in [1.165, 1.54) is 7.11 Å². The highest BCUT2D eigenvalue weighted by molar-refractivity contribution is 6.11. The van der Waals surface area contributed by atoms with Gasteiger partial charge in [-0.2, -0.15) is 0 Å². The molecule has 0 aliphatic carbocycles. The molecule has 6 nitrogen and oxygen atoms in total. The lowest BCUT2D eigenvalue weighted by Gasteiger charge is -2.36. The predicted octanol–water partition coefficient (Wildman–Crippen LogP) is 6.52. The van der Waals surface area contributed by atoms with Gasteiger partial charge in [-0.1, -0.05) is 54.6 Å². The highest BCUT2D eigenvalue weighted by Gasteiger charge is 2.23. The number of esters is 1. The van der Waals surface area contributed by atoms with Crippen LogP contribution < -0.4 is 4.90 Å². The number of pyridine rings is 1. The van der Waals surface area contributed by atoms with E-state index in [-0.39, 0.29) is 12.2 Å². The summed E-state index contributed by atoms with van der Waals surface area (Å²) in [6.07, 6.45) is 2.10. The van der Waals surface area contributed by atoms with Crippen LogP contribution >= 0.6 is 0 Å². The molecule has 0 N–H and O–H groups in total. The molecule has 0 amide bonds. The summed E-state index contributed by atoms with van der Waals surface area (Å²) in [6.45, 7) is 13.1. The largest absolute Gasteiger partial charge is 0.465 e. The van der Waals surface area contributed by atoms with Crippen molar-refractivity contribution in [1.29, 1.82) is 0 Å². The first-order valence-corrected chi connectivity index (χ1v) is 12.0. The maximum atomic E-state index is 13.0. The number of rotatable bonds is 4. The lowest BCUT2D eigenvalue weighted by atomic mass is 9.94. The van der Waals surface area contributed by atoms with E-state index in [0.29, 0.717) is 16.8 Å². The van der Waals surface area contributed by atoms with Crippen LogP contribution in [0.1, 0.15) is 24.2 Å². The molecule has 0 unspecified atom stereocenters. The molecule has 1 aromatic heterocycles. The van der Waals surface area contributed by atoms with Crippen LogP contribution in [0.25, 0.3) is 38.0 Å². The summed E-state index contributed by atoms with van der Waals surface area (Å²) in [5.74, 6) is -0.405. The first kappa shape index (κ1) is 23.5. The fourth-order valence-electron chi connectivity index (χ4n) is 4.95. The van der Waals surface area contributed by atoms with Gasteiger partial charge >= 0.3 is 5.97 Å². The highest BCUT2D eigenvalue weighted by Crippen LogP contribution is 2.35. The van der Waals surface area contributed by atoms with Gasteiger partial charge in [0.25, 0.3) is 0 Å². The summed E-state index contributed by atoms with van der Waals surface area (Å²) in [5, 5.41) is 0.728. The number of aromatic nitrogens is 1. The van der Waals surface area contributed by atoms with Crippen molar-refractivity contribution in [2.24, 2.45) is 0 Å². The number of fused-ring (bicyclic) bond motifs is 1. The van der Waals surface area contributed by atoms with E-state index < -0.39 is 5.97 Å². The quantitative estimate of drug-likeness (QED) is 0.247. The van der Waals surface area contributed by atoms with Gasteiger partial charge in [-0.15, -0.1) is 0 Å². The highest BCUT2D eigenvalue weighted by atomic mass is 16.5. The fourth-order valence-corrected chi connectivity index (χ4v) is 4.95. The summed E-state index contributed by atoms with van der Waals surface area (Å²) in [7, 11) is 1.40. The molecule has 6 heteroatoms. The molecule has 0 bridgehead atoms. The van der Waals surface area contributed by atoms with Crippen LogP contribution in [0.15, 0.2) is 72.9 Å². The second kappa shape index (κ2) is 9.80. The molecule has 0 saturated carbocycles. The average molecular weight is 478 g/mol. The molecule has 5 rings (SSSR count). The molecule has 2 heterocycles. The van der Waals surface area contributed by atoms with E-state index in [1.54, 1.807) is 18.3 Å². The van der Waals surface area contributed by atoms with E-state index in [4.69, 9.17) is 21.0 Å². The smallest absolute Gasteiger partial charge is 0.339 e. The molecule has 36 heavy (non-hydrogen) atoms. The molecule has 4 aromatic rings. The molecule has 1 aliphatic heterocycles. The number of anilines is 1. The Morgan fingerprint density at radius 3 is 2.25 bits per heavy atom. The lowest BCUT2D eigenvalue weighted by Crippen LogP contribution is -2.45. The number of morpholine rings is 1. The van der Waals surface area contributed by atoms with Crippen LogP contribution in [-0.4, -0.2) is 43.4 Å². The number of carbonyl (C=O) groups excluding carboxylic acids is 1. The van der Waals surface area contributed by atoms with E-state index in [2.05, 4.69) is 35.7 Å². The topological polar surface area (TPSA) is 56.0 Å². The Kier molecular flexibility index (Phi) is 6.41. The Hall–Kier alpha value is -4.21. The van der Waals surface area contributed by atoms with Crippen LogP contribution in [0.2, 0.25) is 0 Å². The standard InChI is InChI=1S/C30H27N3O3/c1-19-17-33(18-20(2)36-19)24-14-10-22(11-15-24)27-16-32-29-25(21-8-12-23(31-3)13-9-21)6-5-7-26(29)28(27)30(34)35-4/h5-16,19-20H,17-18H2,1-2,4H3/t19-,20+. The normalized spacial score (nSPS) is 17.6. The second-order valence-corrected chi connectivity index (χ2v) is 9.11. The van der Waals surface area contributed by atoms with Gasteiger partial charge in [-0.05, 0) is 37.1 Å². The molecular formula is C30H27N3O3. The van der Waals surface area contributed by atoms with Gasteiger partial charge < -0.3 is 14.4 Å². The Bertz CT molecular complexity index is 1450. The number of ether oxygens (including phenoxy) is 2. The fraction of sp³-hybridized carbons (Fsp3) is 0.233. The van der Waals surface area contributed by atoms with Crippen molar-refractivity contribution in [3.63, 3.8) is 0 Å². The van der Waals surface area contributed by atoms with E-state index in [9.17, 15) is 4.79 Å². The monoisotopic (exact) mass is 477 g/mol. The van der Waals surface area contributed by atoms with Crippen LogP contribution in [0.5, 0.6) is 0 Å². The molecular weight excluding hydrogens is 450 g/mol. The molecule has 0 radical (unpaired) electrons. The van der Waals surface area contributed by atoms with Gasteiger partial charge in [-0.25, -0.2) is 9.64 Å². The maximum Gasteiger partial charge on any atom is 0.339 e. The predicted molar refractivity (Wildman–Crippen MR) is 142 cm³/mol. The Morgan fingerprint density at radius 1 is 0.972 bits per heavy atom. The van der Waals surface area contributed by atoms with E-state index in [0.717, 1.165) is 46.4 Å². The van der Waals surface area contributed by atoms with E-state index >= 15 is 0 Å². The summed E-state index contributed by atoms with van der Waals surface area (Å²) < 4.78 is 11.1. The zero-order valence-electron chi connectivity index (χ0n) is 20.6. The SMILES string of the molecule is [C-]#[N+]c1ccc(-c2cccc3c(C(=O)OC)c(-c4ccc(N5C[C@@H](C)O[C@@H](C)C5)cc4)cnc23)cc1. The van der Waals surface area contributed by atoms with E-state index in [1.807, 2.05) is 42.5 Å². The molecule has 1 fully saturated rings. The number of hydrogen-bond acceptors (Lipinski definition) is 5. The maximum absolute atomic E-state index is 13.0. The first-order chi connectivity index (χ1) is 17.5. The minimum Gasteiger partial charge on any atom is -0.465 e. The van der Waals surface area contributed by atoms with Crippen molar-refractivity contribution in [3.8, 4) is 22.3 Å². The van der Waals surface area contributed by atoms with Crippen molar-refractivity contribution in [2.45, 2.75) is 26.1 Å². The summed E-state index contributed by atoms with van der Waals surface area (Å²) in [5.41, 5.74) is 6.36. The van der Waals surface area contributed by atoms with Gasteiger partial charge in [0, 0.05) is 41.5 Å². The van der Waals surface area contributed by atoms with Crippen LogP contribution in [-0.2, 0) is 9.47 Å². The Morgan fingerprint density at radius 2 is 1.61 bits per heavy atom. The number of carbonyl (C=O) groups is 1. The van der Waals surface area contributed by atoms with Gasteiger partial charge in [-0.3, -0.25) is 4.98 Å². The number of hydrogen-bond donors (Lipinski definition) is 0. The lowest BCUT2D eigenvalue weighted by molar-refractivity contribution is -0.00522. The zero-order chi connectivity index (χ0) is 25.2. The van der Waals surface area contributed by atoms with Crippen LogP contribution in [0, 0.1) is 6.57 Å². The van der Waals surface area contributed by atoms with Crippen molar-refractivity contribution in [3.05, 3.63) is 89.9 Å². The van der Waals surface area contributed by atoms with Crippen LogP contribution in [0.4, 0.5) is 11.4 Å². The van der Waals surface area contributed by atoms with Crippen molar-refractivity contribution >= 4 is 28.2 Å². The minimum absolute atomic E-state index is 0.177. The Labute approximate surface area is 210 Å². The molecule has 1 aliphatic rings. The minimum atomic E-state index is -0.405. The third-order valence-corrected chi connectivity index (χ3v) is 6.56. The zero-order valence-corrected chi connectivity index (χ0v) is 20.6. The first-order valence-electron chi connectivity index (χ1n) is 12.0. The summed E-state index contributed by atoms with van der Waals surface area (Å²) in [4.78, 5) is 23.6. The molecule has 2 atom stereocenters. The van der Waals surface area contributed by atoms with Gasteiger partial charge in [0.1, 0.15) is 0 Å². The summed E-state index contributed by atoms with van der Waals surface area (Å²) in [6, 6.07) is 21.4. The van der Waals surface area contributed by atoms with Crippen molar-refractivity contribution < 1.29 is 14.3 Å². The number of benzene rings is 3. The second-order valence-electron chi connectivity index (χ2n) is 9.11. The van der Waals surface area contributed by atoms with Crippen molar-refractivity contribution in [2.75, 3.05) is 25.1 Å². The summed E-state index contributed by atoms with van der Waals surface area (Å²) >= 11 is 0. The van der Waals surface area contributed by atoms with Crippen LogP contribution in [0.3, 0.4) is 0 Å². The van der Waals surface area contributed by atoms with Gasteiger partial charge in [0.05, 0.1) is 37.0 Å². The number of para-hydroxylation sites is 1. The molecule has 3 aromatic carbocycles. The van der Waals surface area contributed by atoms with Crippen molar-refractivity contribution in [1.82, 2.24) is 4.98 Å².